The summed E-state index contributed by atoms with van der Waals surface area (Å²) in [5, 5.41) is 16.2. The molecule has 0 saturated carbocycles. The minimum absolute atomic E-state index is 0.275. The van der Waals surface area contributed by atoms with Gasteiger partial charge in [0.15, 0.2) is 0 Å². The molecule has 0 aromatic carbocycles. The van der Waals surface area contributed by atoms with Gasteiger partial charge in [0.05, 0.1) is 71.0 Å². The minimum Gasteiger partial charge on any atom is -0.472 e. The smallest absolute Gasteiger partial charge is 0.105 e. The van der Waals surface area contributed by atoms with Crippen LogP contribution >= 0.6 is 0 Å². The first-order valence-corrected chi connectivity index (χ1v) is 29.7. The second-order valence-corrected chi connectivity index (χ2v) is 21.0. The van der Waals surface area contributed by atoms with Crippen molar-refractivity contribution in [1.82, 2.24) is 36.4 Å². The van der Waals surface area contributed by atoms with E-state index < -0.39 is 0 Å². The normalized spacial score (nSPS) is 26.8. The van der Waals surface area contributed by atoms with Crippen LogP contribution in [0.1, 0.15) is 143 Å². The van der Waals surface area contributed by atoms with Gasteiger partial charge in [-0.2, -0.15) is 0 Å². The van der Waals surface area contributed by atoms with E-state index in [9.17, 15) is 0 Å². The Morgan fingerprint density at radius 1 is 0.474 bits per heavy atom. The van der Waals surface area contributed by atoms with Gasteiger partial charge in [0, 0.05) is 91.1 Å². The van der Waals surface area contributed by atoms with Crippen LogP contribution in [0.4, 0.5) is 0 Å². The van der Waals surface area contributed by atoms with Crippen molar-refractivity contribution in [3.8, 4) is 0 Å². The molecule has 8 saturated heterocycles. The number of furan rings is 2. The third-order valence-electron chi connectivity index (χ3n) is 12.9. The number of rotatable bonds is 0. The van der Waals surface area contributed by atoms with Crippen LogP contribution < -0.4 is 26.6 Å². The first-order chi connectivity index (χ1) is 36.9. The predicted octanol–water partition coefficient (Wildman–Crippen LogP) is 8.99. The molecule has 448 valence electrons. The fourth-order valence-corrected chi connectivity index (χ4v) is 7.78. The number of nitrogens with one attached hydrogen (secondary N) is 5. The molecule has 2 aromatic heterocycles. The fraction of sp³-hybridized carbons (Fsp3) is 0.864. The lowest BCUT2D eigenvalue weighted by Gasteiger charge is -2.10. The molecule has 6 unspecified atom stereocenters. The first kappa shape index (κ1) is 72.0. The lowest BCUT2D eigenvalue weighted by atomic mass is 10.1. The molecule has 0 spiro atoms. The van der Waals surface area contributed by atoms with E-state index >= 15 is 0 Å². The van der Waals surface area contributed by atoms with Gasteiger partial charge >= 0.3 is 0 Å². The van der Waals surface area contributed by atoms with Gasteiger partial charge in [-0.3, -0.25) is 20.9 Å². The van der Waals surface area contributed by atoms with Crippen molar-refractivity contribution in [2.45, 2.75) is 176 Å². The summed E-state index contributed by atoms with van der Waals surface area (Å²) < 4.78 is 51.6. The summed E-state index contributed by atoms with van der Waals surface area (Å²) in [4.78, 5) is 4.50. The van der Waals surface area contributed by atoms with Gasteiger partial charge < -0.3 is 62.3 Å². The van der Waals surface area contributed by atoms with Crippen molar-refractivity contribution < 1.29 is 46.7 Å². The maximum absolute atomic E-state index is 5.34. The molecule has 8 fully saturated rings. The molecule has 6 atom stereocenters. The molecule has 10 heterocycles. The Balaban J connectivity index is 0.000000423. The van der Waals surface area contributed by atoms with Gasteiger partial charge in [0.1, 0.15) is 12.0 Å². The molecule has 0 bridgehead atoms. The Labute approximate surface area is 464 Å². The van der Waals surface area contributed by atoms with Crippen LogP contribution in [0, 0.1) is 19.8 Å². The maximum atomic E-state index is 5.34. The Kier molecular flexibility index (Phi) is 50.8. The van der Waals surface area contributed by atoms with Gasteiger partial charge in [-0.15, -0.1) is 0 Å². The summed E-state index contributed by atoms with van der Waals surface area (Å²) in [7, 11) is 4.22. The van der Waals surface area contributed by atoms with E-state index in [1.807, 2.05) is 39.0 Å². The molecule has 2 aromatic rings. The number of likely N-dealkylation sites (N-methyl/N-ethyl adjacent to an activating group) is 1. The molecule has 0 amide bonds. The van der Waals surface area contributed by atoms with E-state index in [2.05, 4.69) is 85.1 Å². The molecule has 8 aliphatic heterocycles. The monoisotopic (exact) mass is 1080 g/mol. The van der Waals surface area contributed by atoms with Crippen LogP contribution in [-0.2, 0) is 37.9 Å². The van der Waals surface area contributed by atoms with E-state index in [0.717, 1.165) is 150 Å². The third-order valence-corrected chi connectivity index (χ3v) is 12.9. The first-order valence-electron chi connectivity index (χ1n) is 29.7. The average molecular weight is 1080 g/mol. The number of ether oxygens (including phenoxy) is 8. The molecule has 10 rings (SSSR count). The number of nitrogens with zero attached hydrogens (tertiary/aromatic N) is 2. The highest BCUT2D eigenvalue weighted by Gasteiger charge is 2.09. The highest BCUT2D eigenvalue weighted by atomic mass is 16.5. The van der Waals surface area contributed by atoms with Gasteiger partial charge in [-0.25, -0.2) is 0 Å². The molecule has 17 heteroatoms. The molecule has 17 nitrogen and oxygen atoms in total. The van der Waals surface area contributed by atoms with Crippen LogP contribution in [0.3, 0.4) is 0 Å². The summed E-state index contributed by atoms with van der Waals surface area (Å²) in [6, 6.07) is 7.00. The lowest BCUT2D eigenvalue weighted by molar-refractivity contribution is 0.0567. The van der Waals surface area contributed by atoms with E-state index in [1.54, 1.807) is 18.8 Å². The van der Waals surface area contributed by atoms with E-state index in [1.165, 1.54) is 95.7 Å². The third kappa shape index (κ3) is 51.4. The Morgan fingerprint density at radius 2 is 1.22 bits per heavy atom. The molecular formula is C59H117N7O10. The molecule has 5 N–H and O–H groups in total. The summed E-state index contributed by atoms with van der Waals surface area (Å²) in [6.45, 7) is 37.3. The Morgan fingerprint density at radius 3 is 1.99 bits per heavy atom. The van der Waals surface area contributed by atoms with Crippen LogP contribution in [0.15, 0.2) is 45.8 Å². The predicted molar refractivity (Wildman–Crippen MR) is 310 cm³/mol. The second-order valence-electron chi connectivity index (χ2n) is 21.0. The van der Waals surface area contributed by atoms with E-state index in [4.69, 9.17) is 46.7 Å². The van der Waals surface area contributed by atoms with Crippen LogP contribution in [-0.4, -0.2) is 193 Å². The van der Waals surface area contributed by atoms with Crippen LogP contribution in [0.25, 0.3) is 0 Å². The van der Waals surface area contributed by atoms with Crippen molar-refractivity contribution in [3.05, 3.63) is 48.3 Å². The minimum atomic E-state index is 0.275. The standard InChI is InChI=1S/C7H14O.7C6H13NO.2C5H6O/c1-7-4-2-3-5-8-6-7;1-6-2-4-8-5-3-7-6;1-6-2-3-7-4-5-8-6;1-7-3-2-5-8-6-4-7;1-6-3-2-4-8-5-7-6;1-6-3-2-4-7-5-8-6;1-7-4-2-3-5-8-6-7;1-6-7-4-2-3-5-8-6;1-5-2-3-6-4-5;1-5-3-2-4-6-5/h7H,2-6H2,1H3;2*6-7H,2-5H2,1H3;2-6H2,1H3;2*6-7H,2-5H2,1H3;2-6H2,1H3;6-7H,2-5H2,1H3;2*2-4H,1H3. The molecule has 76 heavy (non-hydrogen) atoms. The zero-order valence-electron chi connectivity index (χ0n) is 50.2. The summed E-state index contributed by atoms with van der Waals surface area (Å²) in [5.74, 6) is 1.77. The second kappa shape index (κ2) is 53.6. The lowest BCUT2D eigenvalue weighted by Crippen LogP contribution is -2.26. The largest absolute Gasteiger partial charge is 0.472 e. The number of aryl methyl sites for hydroxylation is 2. The summed E-state index contributed by atoms with van der Waals surface area (Å²) in [5.41, 5.74) is 1.18. The SMILES string of the molecule is CC1CCCCOC1.CC1CCCNCO1.CC1CCCOCN1.CC1CCNCCO1.CC1CCOCCN1.CC1NCCCCO1.CN1CCCCOC1.CN1CCCOCC1.Cc1ccco1.Cc1ccoc1. The highest BCUT2D eigenvalue weighted by Crippen LogP contribution is 2.12. The highest BCUT2D eigenvalue weighted by molar-refractivity contribution is 5.00. The van der Waals surface area contributed by atoms with E-state index in [-0.39, 0.29) is 6.23 Å². The van der Waals surface area contributed by atoms with Gasteiger partial charge in [-0.1, -0.05) is 13.3 Å². The van der Waals surface area contributed by atoms with Gasteiger partial charge in [0.25, 0.3) is 0 Å². The van der Waals surface area contributed by atoms with Crippen molar-refractivity contribution >= 4 is 0 Å². The zero-order valence-corrected chi connectivity index (χ0v) is 50.2. The van der Waals surface area contributed by atoms with Crippen LogP contribution in [0.5, 0.6) is 0 Å². The van der Waals surface area contributed by atoms with Crippen molar-refractivity contribution in [2.75, 3.05) is 153 Å². The molecule has 8 aliphatic rings. The van der Waals surface area contributed by atoms with Crippen molar-refractivity contribution in [3.63, 3.8) is 0 Å². The fourth-order valence-electron chi connectivity index (χ4n) is 7.78. The Bertz CT molecular complexity index is 1110. The Hall–Kier alpha value is -2.04. The summed E-state index contributed by atoms with van der Waals surface area (Å²) >= 11 is 0. The topological polar surface area (TPSA) is 167 Å². The van der Waals surface area contributed by atoms with Gasteiger partial charge in [-0.05, 0) is 195 Å². The molecule has 0 aliphatic carbocycles. The molecular weight excluding hydrogens is 967 g/mol. The van der Waals surface area contributed by atoms with Crippen molar-refractivity contribution in [1.29, 1.82) is 0 Å². The number of hydrogen-bond acceptors (Lipinski definition) is 17. The molecule has 0 radical (unpaired) electrons. The maximum Gasteiger partial charge on any atom is 0.105 e. The number of hydrogen-bond donors (Lipinski definition) is 5. The average Bonchev–Trinajstić information content (AvgIpc) is 3.88. The van der Waals surface area contributed by atoms with Gasteiger partial charge in [0.2, 0.25) is 0 Å². The quantitative estimate of drug-likeness (QED) is 0.170. The zero-order chi connectivity index (χ0) is 55.4. The van der Waals surface area contributed by atoms with Crippen LogP contribution in [0.2, 0.25) is 0 Å². The summed E-state index contributed by atoms with van der Waals surface area (Å²) in [6.07, 6.45) is 23.6. The van der Waals surface area contributed by atoms with Crippen molar-refractivity contribution in [2.24, 2.45) is 5.92 Å². The van der Waals surface area contributed by atoms with E-state index in [0.29, 0.717) is 24.3 Å².